The molecule has 8 heteroatoms. The summed E-state index contributed by atoms with van der Waals surface area (Å²) in [5, 5.41) is 7.59. The number of benzene rings is 1. The minimum atomic E-state index is -3.53. The highest BCUT2D eigenvalue weighted by molar-refractivity contribution is 9.10. The number of carbonyl (C=O) groups is 2. The summed E-state index contributed by atoms with van der Waals surface area (Å²) in [6.07, 6.45) is 0.750. The molecule has 1 unspecified atom stereocenters. The topological polar surface area (TPSA) is 91.8 Å². The van der Waals surface area contributed by atoms with E-state index in [1.807, 2.05) is 6.07 Å². The van der Waals surface area contributed by atoms with Crippen LogP contribution in [0.2, 0.25) is 0 Å². The SMILES string of the molecule is CC(C(=O)N(CCC(=O)O)Cc1cccc(Br)c1)S(C)(=O)=O. The maximum atomic E-state index is 12.3. The first kappa shape index (κ1) is 18.6. The average Bonchev–Trinajstić information content (AvgIpc) is 2.40. The third-order valence-corrected chi connectivity index (χ3v) is 5.14. The zero-order valence-electron chi connectivity index (χ0n) is 12.3. The molecule has 0 saturated carbocycles. The maximum Gasteiger partial charge on any atom is 0.305 e. The van der Waals surface area contributed by atoms with E-state index in [2.05, 4.69) is 15.9 Å². The molecule has 22 heavy (non-hydrogen) atoms. The van der Waals surface area contributed by atoms with E-state index in [0.717, 1.165) is 16.3 Å². The fraction of sp³-hybridized carbons (Fsp3) is 0.429. The summed E-state index contributed by atoms with van der Waals surface area (Å²) in [5.74, 6) is -1.64. The molecular weight excluding hydrogens is 374 g/mol. The molecule has 6 nitrogen and oxygen atoms in total. The molecule has 122 valence electrons. The highest BCUT2D eigenvalue weighted by Crippen LogP contribution is 2.15. The monoisotopic (exact) mass is 391 g/mol. The number of carboxylic acid groups (broad SMARTS) is 1. The van der Waals surface area contributed by atoms with Crippen LogP contribution in [-0.2, 0) is 26.0 Å². The molecule has 1 rings (SSSR count). The molecule has 1 amide bonds. The first-order chi connectivity index (χ1) is 10.1. The Morgan fingerprint density at radius 3 is 2.50 bits per heavy atom. The normalized spacial score (nSPS) is 12.7. The lowest BCUT2D eigenvalue weighted by Gasteiger charge is -2.25. The second-order valence-corrected chi connectivity index (χ2v) is 8.29. The molecule has 0 saturated heterocycles. The molecule has 1 aromatic carbocycles. The van der Waals surface area contributed by atoms with E-state index in [0.29, 0.717) is 0 Å². The first-order valence-electron chi connectivity index (χ1n) is 6.55. The van der Waals surface area contributed by atoms with E-state index in [4.69, 9.17) is 5.11 Å². The van der Waals surface area contributed by atoms with Crippen molar-refractivity contribution in [2.75, 3.05) is 12.8 Å². The summed E-state index contributed by atoms with van der Waals surface area (Å²) in [6, 6.07) is 7.20. The van der Waals surface area contributed by atoms with Gasteiger partial charge >= 0.3 is 5.97 Å². The predicted molar refractivity (Wildman–Crippen MR) is 86.1 cm³/mol. The highest BCUT2D eigenvalue weighted by atomic mass is 79.9. The van der Waals surface area contributed by atoms with Gasteiger partial charge in [-0.1, -0.05) is 28.1 Å². The van der Waals surface area contributed by atoms with Gasteiger partial charge in [0, 0.05) is 23.8 Å². The van der Waals surface area contributed by atoms with E-state index < -0.39 is 27.0 Å². The van der Waals surface area contributed by atoms with Crippen molar-refractivity contribution in [1.82, 2.24) is 4.90 Å². The van der Waals surface area contributed by atoms with Crippen LogP contribution in [0.15, 0.2) is 28.7 Å². The van der Waals surface area contributed by atoms with E-state index in [-0.39, 0.29) is 19.5 Å². The molecule has 1 aromatic rings. The van der Waals surface area contributed by atoms with Gasteiger partial charge in [0.1, 0.15) is 5.25 Å². The van der Waals surface area contributed by atoms with E-state index in [1.54, 1.807) is 18.2 Å². The van der Waals surface area contributed by atoms with Gasteiger partial charge in [0.2, 0.25) is 5.91 Å². The Morgan fingerprint density at radius 2 is 2.00 bits per heavy atom. The number of carbonyl (C=O) groups excluding carboxylic acids is 1. The Labute approximate surface area is 138 Å². The van der Waals surface area contributed by atoms with Crippen molar-refractivity contribution in [3.8, 4) is 0 Å². The van der Waals surface area contributed by atoms with Crippen LogP contribution in [0.25, 0.3) is 0 Å². The van der Waals surface area contributed by atoms with Gasteiger partial charge < -0.3 is 10.0 Å². The van der Waals surface area contributed by atoms with Crippen molar-refractivity contribution in [1.29, 1.82) is 0 Å². The Hall–Kier alpha value is -1.41. The Kier molecular flexibility index (Phi) is 6.55. The fourth-order valence-corrected chi connectivity index (χ4v) is 2.76. The molecule has 0 spiro atoms. The Balaban J connectivity index is 2.97. The third kappa shape index (κ3) is 5.76. The lowest BCUT2D eigenvalue weighted by atomic mass is 10.2. The molecule has 1 atom stereocenters. The largest absolute Gasteiger partial charge is 0.481 e. The molecule has 0 aliphatic heterocycles. The second kappa shape index (κ2) is 7.73. The number of amides is 1. The van der Waals surface area contributed by atoms with Crippen molar-refractivity contribution in [2.45, 2.75) is 25.1 Å². The van der Waals surface area contributed by atoms with Crippen molar-refractivity contribution in [2.24, 2.45) is 0 Å². The van der Waals surface area contributed by atoms with Gasteiger partial charge in [0.25, 0.3) is 0 Å². The van der Waals surface area contributed by atoms with Crippen LogP contribution in [0.3, 0.4) is 0 Å². The fourth-order valence-electron chi connectivity index (χ4n) is 1.79. The number of hydrogen-bond acceptors (Lipinski definition) is 4. The standard InChI is InChI=1S/C14H18BrNO5S/c1-10(22(2,20)21)14(19)16(7-6-13(17)18)9-11-4-3-5-12(15)8-11/h3-5,8,10H,6-7,9H2,1-2H3,(H,17,18). The highest BCUT2D eigenvalue weighted by Gasteiger charge is 2.28. The van der Waals surface area contributed by atoms with Gasteiger partial charge in [0.15, 0.2) is 9.84 Å². The minimum Gasteiger partial charge on any atom is -0.481 e. The number of hydrogen-bond donors (Lipinski definition) is 1. The van der Waals surface area contributed by atoms with Crippen LogP contribution >= 0.6 is 15.9 Å². The molecule has 0 bridgehead atoms. The number of nitrogens with zero attached hydrogens (tertiary/aromatic N) is 1. The number of halogens is 1. The molecule has 0 fully saturated rings. The van der Waals surface area contributed by atoms with Crippen LogP contribution < -0.4 is 0 Å². The van der Waals surface area contributed by atoms with E-state index in [1.165, 1.54) is 11.8 Å². The van der Waals surface area contributed by atoms with Crippen LogP contribution in [-0.4, -0.2) is 48.4 Å². The van der Waals surface area contributed by atoms with E-state index in [9.17, 15) is 18.0 Å². The lowest BCUT2D eigenvalue weighted by molar-refractivity contribution is -0.138. The van der Waals surface area contributed by atoms with Gasteiger partial charge in [0.05, 0.1) is 6.42 Å². The van der Waals surface area contributed by atoms with Crippen LogP contribution in [0.4, 0.5) is 0 Å². The molecule has 0 aromatic heterocycles. The van der Waals surface area contributed by atoms with Crippen molar-refractivity contribution >= 4 is 37.6 Å². The molecule has 0 heterocycles. The maximum absolute atomic E-state index is 12.3. The lowest BCUT2D eigenvalue weighted by Crippen LogP contribution is -2.41. The minimum absolute atomic E-state index is 0.0411. The summed E-state index contributed by atoms with van der Waals surface area (Å²) < 4.78 is 23.9. The predicted octanol–water partition coefficient (Wildman–Crippen LogP) is 1.69. The Morgan fingerprint density at radius 1 is 1.36 bits per heavy atom. The zero-order chi connectivity index (χ0) is 16.9. The number of sulfone groups is 1. The first-order valence-corrected chi connectivity index (χ1v) is 9.30. The third-order valence-electron chi connectivity index (χ3n) is 3.16. The number of rotatable bonds is 7. The smallest absolute Gasteiger partial charge is 0.305 e. The second-order valence-electron chi connectivity index (χ2n) is 5.01. The van der Waals surface area contributed by atoms with Gasteiger partial charge in [-0.2, -0.15) is 0 Å². The van der Waals surface area contributed by atoms with Gasteiger partial charge in [-0.15, -0.1) is 0 Å². The number of aliphatic carboxylic acids is 1. The number of carboxylic acids is 1. The Bertz CT molecular complexity index is 659. The van der Waals surface area contributed by atoms with Crippen LogP contribution in [0.1, 0.15) is 18.9 Å². The molecule has 1 N–H and O–H groups in total. The molecule has 0 aliphatic rings. The quantitative estimate of drug-likeness (QED) is 0.763. The van der Waals surface area contributed by atoms with Gasteiger partial charge in [-0.05, 0) is 24.6 Å². The summed E-state index contributed by atoms with van der Waals surface area (Å²) in [4.78, 5) is 24.3. The summed E-state index contributed by atoms with van der Waals surface area (Å²) in [5.41, 5.74) is 0.786. The van der Waals surface area contributed by atoms with Gasteiger partial charge in [-0.3, -0.25) is 9.59 Å². The summed E-state index contributed by atoms with van der Waals surface area (Å²) in [6.45, 7) is 1.43. The van der Waals surface area contributed by atoms with Crippen LogP contribution in [0.5, 0.6) is 0 Å². The van der Waals surface area contributed by atoms with Crippen LogP contribution in [0, 0.1) is 0 Å². The van der Waals surface area contributed by atoms with Crippen molar-refractivity contribution in [3.05, 3.63) is 34.3 Å². The van der Waals surface area contributed by atoms with Crippen molar-refractivity contribution < 1.29 is 23.1 Å². The zero-order valence-corrected chi connectivity index (χ0v) is 14.7. The van der Waals surface area contributed by atoms with Gasteiger partial charge in [-0.25, -0.2) is 8.42 Å². The summed E-state index contributed by atoms with van der Waals surface area (Å²) in [7, 11) is -3.53. The summed E-state index contributed by atoms with van der Waals surface area (Å²) >= 11 is 3.32. The molecule has 0 aliphatic carbocycles. The molecular formula is C14H18BrNO5S. The van der Waals surface area contributed by atoms with E-state index >= 15 is 0 Å². The molecule has 0 radical (unpaired) electrons. The average molecular weight is 392 g/mol. The van der Waals surface area contributed by atoms with Crippen molar-refractivity contribution in [3.63, 3.8) is 0 Å².